The minimum atomic E-state index is -0.892. The maximum Gasteiger partial charge on any atom is 0.411 e. The number of nitrogens with zero attached hydrogens (tertiary/aromatic N) is 2. The second-order valence-corrected chi connectivity index (χ2v) is 8.42. The Balaban J connectivity index is 1.65. The van der Waals surface area contributed by atoms with Crippen molar-refractivity contribution in [1.29, 1.82) is 0 Å². The van der Waals surface area contributed by atoms with Gasteiger partial charge in [0.2, 0.25) is 0 Å². The van der Waals surface area contributed by atoms with E-state index in [-0.39, 0.29) is 25.3 Å². The first kappa shape index (κ1) is 21.1. The third-order valence-corrected chi connectivity index (χ3v) is 5.07. The number of allylic oxidation sites excluding steroid dienone is 2. The largest absolute Gasteiger partial charge is 0.467 e. The number of rotatable bonds is 2. The Labute approximate surface area is 169 Å². The zero-order valence-electron chi connectivity index (χ0n) is 17.2. The highest BCUT2D eigenvalue weighted by molar-refractivity contribution is 5.82. The molecule has 0 aromatic heterocycles. The van der Waals surface area contributed by atoms with Crippen LogP contribution in [-0.4, -0.2) is 72.4 Å². The number of carbonyl (C=O) groups is 3. The molecule has 2 fully saturated rings. The van der Waals surface area contributed by atoms with Crippen LogP contribution < -0.4 is 0 Å². The summed E-state index contributed by atoms with van der Waals surface area (Å²) < 4.78 is 29.6. The van der Waals surface area contributed by atoms with Crippen molar-refractivity contribution in [2.45, 2.75) is 57.8 Å². The van der Waals surface area contributed by atoms with Crippen molar-refractivity contribution >= 4 is 18.2 Å². The maximum atomic E-state index is 14.0. The van der Waals surface area contributed by atoms with Crippen LogP contribution in [0.25, 0.3) is 0 Å². The lowest BCUT2D eigenvalue weighted by Crippen LogP contribution is -2.44. The third kappa shape index (κ3) is 4.71. The molecular formula is C20H27FN2O6. The Bertz CT molecular complexity index is 769. The molecule has 0 spiro atoms. The molecule has 2 aliphatic heterocycles. The molecule has 8 nitrogen and oxygen atoms in total. The number of hydrogen-bond acceptors (Lipinski definition) is 6. The number of carbonyl (C=O) groups excluding carboxylic acids is 3. The van der Waals surface area contributed by atoms with Gasteiger partial charge < -0.3 is 14.2 Å². The first-order chi connectivity index (χ1) is 13.6. The molecule has 0 aromatic carbocycles. The van der Waals surface area contributed by atoms with Gasteiger partial charge in [-0.3, -0.25) is 9.80 Å². The third-order valence-electron chi connectivity index (χ3n) is 5.07. The second kappa shape index (κ2) is 8.04. The highest BCUT2D eigenvalue weighted by atomic mass is 19.1. The molecule has 29 heavy (non-hydrogen) atoms. The van der Waals surface area contributed by atoms with Crippen LogP contribution in [-0.2, 0) is 19.0 Å². The van der Waals surface area contributed by atoms with Crippen LogP contribution >= 0.6 is 0 Å². The van der Waals surface area contributed by atoms with Gasteiger partial charge in [-0.1, -0.05) is 6.08 Å². The molecule has 2 atom stereocenters. The van der Waals surface area contributed by atoms with Crippen LogP contribution in [0.2, 0.25) is 0 Å². The van der Waals surface area contributed by atoms with Crippen LogP contribution in [0.5, 0.6) is 0 Å². The van der Waals surface area contributed by atoms with E-state index in [1.54, 1.807) is 20.8 Å². The smallest absolute Gasteiger partial charge is 0.411 e. The average Bonchev–Trinajstić information content (AvgIpc) is 3.25. The number of likely N-dealkylation sites (tertiary alicyclic amines) is 2. The van der Waals surface area contributed by atoms with Crippen LogP contribution in [0, 0.1) is 0 Å². The van der Waals surface area contributed by atoms with E-state index < -0.39 is 35.9 Å². The fraction of sp³-hybridized carbons (Fsp3) is 0.650. The van der Waals surface area contributed by atoms with Crippen LogP contribution in [0.15, 0.2) is 23.0 Å². The number of ether oxygens (including phenoxy) is 3. The van der Waals surface area contributed by atoms with Gasteiger partial charge in [-0.2, -0.15) is 0 Å². The van der Waals surface area contributed by atoms with Crippen LogP contribution in [0.3, 0.4) is 0 Å². The summed E-state index contributed by atoms with van der Waals surface area (Å²) in [6.07, 6.45) is 1.09. The lowest BCUT2D eigenvalue weighted by atomic mass is 10.00. The monoisotopic (exact) mass is 410 g/mol. The second-order valence-electron chi connectivity index (χ2n) is 8.42. The molecule has 3 aliphatic rings. The van der Waals surface area contributed by atoms with Gasteiger partial charge in [0.15, 0.2) is 0 Å². The van der Waals surface area contributed by atoms with Gasteiger partial charge in [0.05, 0.1) is 20.2 Å². The molecule has 0 saturated carbocycles. The molecule has 1 aliphatic carbocycles. The molecule has 3 rings (SSSR count). The SMILES string of the molecule is COC(=O)[C@@H]1C[C@@H](OC(=O)N2CC3=CCCC(F)=C3C2)CN1C(=O)OC(C)(C)C. The Morgan fingerprint density at radius 3 is 2.52 bits per heavy atom. The fourth-order valence-electron chi connectivity index (χ4n) is 3.73. The van der Waals surface area contributed by atoms with Crippen molar-refractivity contribution in [2.75, 3.05) is 26.7 Å². The molecular weight excluding hydrogens is 383 g/mol. The van der Waals surface area contributed by atoms with Gasteiger partial charge in [-0.15, -0.1) is 0 Å². The van der Waals surface area contributed by atoms with E-state index in [4.69, 9.17) is 14.2 Å². The van der Waals surface area contributed by atoms with Crippen LogP contribution in [0.1, 0.15) is 40.0 Å². The van der Waals surface area contributed by atoms with Gasteiger partial charge in [-0.25, -0.2) is 18.8 Å². The van der Waals surface area contributed by atoms with Gasteiger partial charge >= 0.3 is 18.2 Å². The Kier molecular flexibility index (Phi) is 5.86. The first-order valence-electron chi connectivity index (χ1n) is 9.69. The number of methoxy groups -OCH3 is 1. The highest BCUT2D eigenvalue weighted by Crippen LogP contribution is 2.33. The summed E-state index contributed by atoms with van der Waals surface area (Å²) in [4.78, 5) is 39.8. The quantitative estimate of drug-likeness (QED) is 0.514. The molecule has 0 radical (unpaired) electrons. The molecule has 0 N–H and O–H groups in total. The molecule has 9 heteroatoms. The van der Waals surface area contributed by atoms with Gasteiger partial charge in [-0.05, 0) is 32.8 Å². The number of amides is 2. The molecule has 0 aromatic rings. The predicted octanol–water partition coefficient (Wildman–Crippen LogP) is 2.93. The summed E-state index contributed by atoms with van der Waals surface area (Å²) in [6, 6.07) is -0.892. The van der Waals surface area contributed by atoms with E-state index in [1.807, 2.05) is 6.08 Å². The summed E-state index contributed by atoms with van der Waals surface area (Å²) in [5, 5.41) is 0. The topological polar surface area (TPSA) is 85.4 Å². The Morgan fingerprint density at radius 2 is 1.90 bits per heavy atom. The average molecular weight is 410 g/mol. The lowest BCUT2D eigenvalue weighted by molar-refractivity contribution is -0.145. The van der Waals surface area contributed by atoms with Gasteiger partial charge in [0.25, 0.3) is 0 Å². The van der Waals surface area contributed by atoms with Crippen molar-refractivity contribution in [1.82, 2.24) is 9.80 Å². The van der Waals surface area contributed by atoms with Crippen molar-refractivity contribution in [3.8, 4) is 0 Å². The van der Waals surface area contributed by atoms with E-state index in [1.165, 1.54) is 16.9 Å². The van der Waals surface area contributed by atoms with E-state index in [9.17, 15) is 18.8 Å². The van der Waals surface area contributed by atoms with Gasteiger partial charge in [0.1, 0.15) is 23.6 Å². The van der Waals surface area contributed by atoms with Gasteiger partial charge in [0, 0.05) is 25.0 Å². The Morgan fingerprint density at radius 1 is 1.17 bits per heavy atom. The van der Waals surface area contributed by atoms with Crippen LogP contribution in [0.4, 0.5) is 14.0 Å². The minimum Gasteiger partial charge on any atom is -0.467 e. The summed E-state index contributed by atoms with van der Waals surface area (Å²) in [6.45, 7) is 5.65. The zero-order valence-corrected chi connectivity index (χ0v) is 17.2. The number of esters is 1. The van der Waals surface area contributed by atoms with Crippen molar-refractivity contribution in [3.63, 3.8) is 0 Å². The predicted molar refractivity (Wildman–Crippen MR) is 101 cm³/mol. The summed E-state index contributed by atoms with van der Waals surface area (Å²) in [5.41, 5.74) is 0.645. The van der Waals surface area contributed by atoms with Crippen molar-refractivity contribution in [2.24, 2.45) is 0 Å². The van der Waals surface area contributed by atoms with E-state index in [2.05, 4.69) is 0 Å². The number of fused-ring (bicyclic) bond motifs is 1. The number of halogens is 1. The summed E-state index contributed by atoms with van der Waals surface area (Å²) in [5.74, 6) is -0.778. The number of hydrogen-bond donors (Lipinski definition) is 0. The van der Waals surface area contributed by atoms with E-state index >= 15 is 0 Å². The fourth-order valence-corrected chi connectivity index (χ4v) is 3.73. The molecule has 2 saturated heterocycles. The van der Waals surface area contributed by atoms with E-state index in [0.29, 0.717) is 25.0 Å². The highest BCUT2D eigenvalue weighted by Gasteiger charge is 2.44. The van der Waals surface area contributed by atoms with Crippen molar-refractivity contribution in [3.05, 3.63) is 23.0 Å². The standard InChI is InChI=1S/C20H27FN2O6/c1-20(2,3)29-19(26)23-10-13(8-16(23)17(24)27-4)28-18(25)22-9-12-6-5-7-15(21)14(12)11-22/h6,13,16H,5,7-11H2,1-4H3/t13-,16+/m1/s1. The molecule has 160 valence electrons. The first-order valence-corrected chi connectivity index (χ1v) is 9.69. The molecule has 2 heterocycles. The maximum absolute atomic E-state index is 14.0. The van der Waals surface area contributed by atoms with E-state index in [0.717, 1.165) is 5.57 Å². The molecule has 0 bridgehead atoms. The molecule has 2 amide bonds. The summed E-state index contributed by atoms with van der Waals surface area (Å²) in [7, 11) is 1.23. The molecule has 0 unspecified atom stereocenters. The Hall–Kier alpha value is -2.58. The summed E-state index contributed by atoms with van der Waals surface area (Å²) >= 11 is 0. The lowest BCUT2D eigenvalue weighted by Gasteiger charge is -2.27. The van der Waals surface area contributed by atoms with Crippen molar-refractivity contribution < 1.29 is 33.0 Å². The normalized spacial score (nSPS) is 24.2. The minimum absolute atomic E-state index is 0.0218. The zero-order chi connectivity index (χ0) is 21.3.